The van der Waals surface area contributed by atoms with Crippen molar-refractivity contribution in [2.75, 3.05) is 6.61 Å². The number of esters is 1. The van der Waals surface area contributed by atoms with Crippen LogP contribution < -0.4 is 5.32 Å². The Balaban J connectivity index is 1.55. The van der Waals surface area contributed by atoms with E-state index in [9.17, 15) is 18.0 Å². The highest BCUT2D eigenvalue weighted by atomic mass is 19.4. The van der Waals surface area contributed by atoms with Crippen LogP contribution in [0.2, 0.25) is 0 Å². The van der Waals surface area contributed by atoms with Crippen LogP contribution in [0.5, 0.6) is 0 Å². The lowest BCUT2D eigenvalue weighted by Crippen LogP contribution is -2.51. The number of allylic oxidation sites excluding steroid dienone is 2. The molecule has 0 spiro atoms. The molecule has 0 amide bonds. The molecule has 0 saturated carbocycles. The third-order valence-electron chi connectivity index (χ3n) is 6.67. The molecule has 5 rings (SSSR count). The second-order valence-corrected chi connectivity index (χ2v) is 8.66. The van der Waals surface area contributed by atoms with Crippen LogP contribution in [0.4, 0.5) is 13.2 Å². The Morgan fingerprint density at radius 1 is 0.971 bits per heavy atom. The molecule has 1 heterocycles. The molecule has 0 aromatic heterocycles. The number of rotatable bonds is 4. The maximum absolute atomic E-state index is 13.1. The van der Waals surface area contributed by atoms with Gasteiger partial charge in [-0.3, -0.25) is 10.1 Å². The Labute approximate surface area is 195 Å². The van der Waals surface area contributed by atoms with Crippen LogP contribution in [0.15, 0.2) is 90.5 Å². The number of carbonyl (C=O) groups excluding carboxylic acids is 1. The first-order valence-corrected chi connectivity index (χ1v) is 11.3. The van der Waals surface area contributed by atoms with Crippen molar-refractivity contribution in [3.05, 3.63) is 107 Å². The van der Waals surface area contributed by atoms with E-state index in [0.717, 1.165) is 34.0 Å². The minimum absolute atomic E-state index is 0.0844. The summed E-state index contributed by atoms with van der Waals surface area (Å²) in [6.07, 6.45) is 1.63. The second kappa shape index (κ2) is 8.76. The molecule has 1 saturated heterocycles. The number of hydrogen-bond acceptors (Lipinski definition) is 3. The highest BCUT2D eigenvalue weighted by Gasteiger charge is 2.45. The van der Waals surface area contributed by atoms with E-state index in [4.69, 9.17) is 4.74 Å². The zero-order valence-electron chi connectivity index (χ0n) is 18.5. The molecular weight excluding hydrogens is 439 g/mol. The van der Waals surface area contributed by atoms with Gasteiger partial charge in [-0.2, -0.15) is 13.2 Å². The number of nitrogens with one attached hydrogen (secondary N) is 1. The zero-order chi connectivity index (χ0) is 23.9. The van der Waals surface area contributed by atoms with Crippen molar-refractivity contribution < 1.29 is 22.7 Å². The zero-order valence-corrected chi connectivity index (χ0v) is 18.5. The molecule has 0 radical (unpaired) electrons. The van der Waals surface area contributed by atoms with Crippen LogP contribution in [0, 0.1) is 5.92 Å². The topological polar surface area (TPSA) is 38.3 Å². The molecule has 1 fully saturated rings. The van der Waals surface area contributed by atoms with Gasteiger partial charge in [0.15, 0.2) is 0 Å². The van der Waals surface area contributed by atoms with Gasteiger partial charge in [0, 0.05) is 17.9 Å². The number of halogens is 3. The second-order valence-electron chi connectivity index (χ2n) is 8.66. The number of hydrogen-bond donors (Lipinski definition) is 1. The number of ether oxygens (including phenoxy) is 1. The molecular formula is C28H24F3NO2. The van der Waals surface area contributed by atoms with E-state index < -0.39 is 17.8 Å². The number of carbonyl (C=O) groups is 1. The largest absolute Gasteiger partial charge is 0.465 e. The number of fused-ring (bicyclic) bond motifs is 2. The quantitative estimate of drug-likeness (QED) is 0.460. The van der Waals surface area contributed by atoms with Gasteiger partial charge in [0.2, 0.25) is 0 Å². The molecule has 0 unspecified atom stereocenters. The first-order chi connectivity index (χ1) is 16.4. The Morgan fingerprint density at radius 2 is 1.68 bits per heavy atom. The highest BCUT2D eigenvalue weighted by Crippen LogP contribution is 2.47. The van der Waals surface area contributed by atoms with Crippen LogP contribution in [-0.4, -0.2) is 18.6 Å². The molecule has 3 aromatic carbocycles. The fraction of sp³-hybridized carbons (Fsp3) is 0.250. The van der Waals surface area contributed by atoms with Crippen LogP contribution in [0.3, 0.4) is 0 Å². The van der Waals surface area contributed by atoms with Gasteiger partial charge in [-0.25, -0.2) is 0 Å². The maximum atomic E-state index is 13.1. The summed E-state index contributed by atoms with van der Waals surface area (Å²) in [4.78, 5) is 13.1. The van der Waals surface area contributed by atoms with Gasteiger partial charge in [-0.05, 0) is 41.0 Å². The van der Waals surface area contributed by atoms with E-state index in [1.54, 1.807) is 6.92 Å². The molecule has 1 aliphatic carbocycles. The highest BCUT2D eigenvalue weighted by molar-refractivity contribution is 5.84. The average molecular weight is 463 g/mol. The van der Waals surface area contributed by atoms with Crippen molar-refractivity contribution in [1.82, 2.24) is 5.32 Å². The summed E-state index contributed by atoms with van der Waals surface area (Å²) in [5, 5.41) is 5.62. The van der Waals surface area contributed by atoms with Crippen LogP contribution >= 0.6 is 0 Å². The third kappa shape index (κ3) is 4.03. The smallest absolute Gasteiger partial charge is 0.416 e. The van der Waals surface area contributed by atoms with Gasteiger partial charge in [-0.15, -0.1) is 0 Å². The molecule has 1 N–H and O–H groups in total. The summed E-state index contributed by atoms with van der Waals surface area (Å²) < 4.78 is 44.7. The molecule has 34 heavy (non-hydrogen) atoms. The number of alkyl halides is 3. The molecule has 3 aromatic rings. The first kappa shape index (κ1) is 22.4. The molecule has 174 valence electrons. The van der Waals surface area contributed by atoms with Gasteiger partial charge in [0.25, 0.3) is 0 Å². The van der Waals surface area contributed by atoms with Crippen molar-refractivity contribution in [2.45, 2.75) is 31.1 Å². The van der Waals surface area contributed by atoms with Gasteiger partial charge in [-0.1, -0.05) is 78.4 Å². The van der Waals surface area contributed by atoms with E-state index in [1.165, 1.54) is 12.1 Å². The molecule has 3 nitrogen and oxygen atoms in total. The van der Waals surface area contributed by atoms with Crippen LogP contribution in [0.25, 0.3) is 10.8 Å². The maximum Gasteiger partial charge on any atom is 0.416 e. The van der Waals surface area contributed by atoms with Crippen molar-refractivity contribution in [1.29, 1.82) is 0 Å². The fourth-order valence-electron chi connectivity index (χ4n) is 5.11. The summed E-state index contributed by atoms with van der Waals surface area (Å²) >= 11 is 0. The molecule has 1 aliphatic heterocycles. The van der Waals surface area contributed by atoms with Gasteiger partial charge in [0.1, 0.15) is 6.04 Å². The van der Waals surface area contributed by atoms with Crippen LogP contribution in [-0.2, 0) is 15.7 Å². The van der Waals surface area contributed by atoms with Crippen molar-refractivity contribution in [3.8, 4) is 0 Å². The summed E-state index contributed by atoms with van der Waals surface area (Å²) in [6.45, 7) is 2.01. The Bertz CT molecular complexity index is 1280. The van der Waals surface area contributed by atoms with E-state index in [2.05, 4.69) is 11.4 Å². The van der Waals surface area contributed by atoms with E-state index >= 15 is 0 Å². The lowest BCUT2D eigenvalue weighted by Gasteiger charge is -2.42. The molecule has 6 heteroatoms. The van der Waals surface area contributed by atoms with Crippen LogP contribution in [0.1, 0.15) is 35.6 Å². The lowest BCUT2D eigenvalue weighted by molar-refractivity contribution is -0.147. The summed E-state index contributed by atoms with van der Waals surface area (Å²) in [5.74, 6) is -0.711. The van der Waals surface area contributed by atoms with Crippen molar-refractivity contribution >= 4 is 16.7 Å². The van der Waals surface area contributed by atoms with Gasteiger partial charge >= 0.3 is 12.1 Å². The van der Waals surface area contributed by atoms with Gasteiger partial charge in [0.05, 0.1) is 12.2 Å². The summed E-state index contributed by atoms with van der Waals surface area (Å²) in [7, 11) is 0. The standard InChI is InChI=1S/C28H24F3NO2/c1-2-34-27(33)26-24(20-11-10-17-6-3-4-7-19(17)16-20)22-8-5-9-23(22)25(32-26)18-12-14-21(15-13-18)28(29,30)31/h3-16,23-26,32H,2H2,1H3/t23-,24+,25+,26+/m0/s1. The summed E-state index contributed by atoms with van der Waals surface area (Å²) in [5.41, 5.74) is 2.05. The summed E-state index contributed by atoms with van der Waals surface area (Å²) in [6, 6.07) is 18.4. The predicted molar refractivity (Wildman–Crippen MR) is 125 cm³/mol. The normalized spacial score (nSPS) is 24.1. The minimum atomic E-state index is -4.40. The lowest BCUT2D eigenvalue weighted by atomic mass is 9.72. The number of piperidine rings is 1. The molecule has 0 bridgehead atoms. The van der Waals surface area contributed by atoms with Crippen molar-refractivity contribution in [3.63, 3.8) is 0 Å². The average Bonchev–Trinajstić information content (AvgIpc) is 3.32. The van der Waals surface area contributed by atoms with Gasteiger partial charge < -0.3 is 4.74 Å². The Morgan fingerprint density at radius 3 is 2.38 bits per heavy atom. The SMILES string of the molecule is CCOC(=O)[C@@H]1N[C@H](c2ccc(C(F)(F)F)cc2)[C@H]2C=CC=C2[C@H]1c1ccc2ccccc2c1. The third-order valence-corrected chi connectivity index (χ3v) is 6.67. The van der Waals surface area contributed by atoms with E-state index in [0.29, 0.717) is 5.56 Å². The molecule has 2 aliphatic rings. The first-order valence-electron chi connectivity index (χ1n) is 11.3. The minimum Gasteiger partial charge on any atom is -0.465 e. The Hall–Kier alpha value is -3.38. The van der Waals surface area contributed by atoms with Crippen molar-refractivity contribution in [2.24, 2.45) is 5.92 Å². The fourth-order valence-corrected chi connectivity index (χ4v) is 5.11. The number of benzene rings is 3. The van der Waals surface area contributed by atoms with E-state index in [-0.39, 0.29) is 30.5 Å². The molecule has 4 atom stereocenters. The van der Waals surface area contributed by atoms with E-state index in [1.807, 2.05) is 54.6 Å². The Kier molecular flexibility index (Phi) is 5.78. The predicted octanol–water partition coefficient (Wildman–Crippen LogP) is 6.33. The monoisotopic (exact) mass is 463 g/mol.